The minimum atomic E-state index is 0.166. The van der Waals surface area contributed by atoms with Crippen molar-refractivity contribution in [2.24, 2.45) is 0 Å². The minimum Gasteiger partial charge on any atom is -0.336 e. The quantitative estimate of drug-likeness (QED) is 0.192. The number of nitriles is 1. The van der Waals surface area contributed by atoms with Gasteiger partial charge >= 0.3 is 0 Å². The zero-order valence-electron chi connectivity index (χ0n) is 25.4. The van der Waals surface area contributed by atoms with Gasteiger partial charge in [-0.25, -0.2) is 4.85 Å². The van der Waals surface area contributed by atoms with Crippen molar-refractivity contribution in [3.05, 3.63) is 138 Å². The Kier molecular flexibility index (Phi) is 5.45. The molecule has 2 aromatic heterocycles. The van der Waals surface area contributed by atoms with Gasteiger partial charge in [0.05, 0.1) is 57.3 Å². The highest BCUT2D eigenvalue weighted by Crippen LogP contribution is 2.51. The van der Waals surface area contributed by atoms with E-state index in [9.17, 15) is 5.26 Å². The summed E-state index contributed by atoms with van der Waals surface area (Å²) in [6.07, 6.45) is 0. The third kappa shape index (κ3) is 3.49. The third-order valence-electron chi connectivity index (χ3n) is 9.36. The van der Waals surface area contributed by atoms with Crippen LogP contribution in [0.25, 0.3) is 71.0 Å². The van der Waals surface area contributed by atoms with Crippen LogP contribution in [-0.4, -0.2) is 15.2 Å². The number of anilines is 2. The molecule has 0 saturated heterocycles. The fourth-order valence-corrected chi connectivity index (χ4v) is 7.50. The first-order chi connectivity index (χ1) is 22.6. The van der Waals surface area contributed by atoms with Crippen molar-refractivity contribution < 1.29 is 0 Å². The highest BCUT2D eigenvalue weighted by molar-refractivity contribution is 6.28. The van der Waals surface area contributed by atoms with Gasteiger partial charge in [-0.15, -0.1) is 0 Å². The predicted molar refractivity (Wildman–Crippen MR) is 189 cm³/mol. The van der Waals surface area contributed by atoms with E-state index in [0.29, 0.717) is 11.3 Å². The Bertz CT molecular complexity index is 2620. The van der Waals surface area contributed by atoms with E-state index in [1.807, 2.05) is 36.4 Å². The van der Waals surface area contributed by atoms with Gasteiger partial charge in [0.25, 0.3) is 0 Å². The van der Waals surface area contributed by atoms with Crippen LogP contribution in [0.3, 0.4) is 0 Å². The van der Waals surface area contributed by atoms with Crippen LogP contribution in [0.2, 0.25) is 0 Å². The van der Waals surface area contributed by atoms with Gasteiger partial charge in [0.1, 0.15) is 0 Å². The molecule has 0 fully saturated rings. The van der Waals surface area contributed by atoms with Crippen molar-refractivity contribution in [3.63, 3.8) is 0 Å². The summed E-state index contributed by atoms with van der Waals surface area (Å²) in [4.78, 5) is 6.23. The topological polar surface area (TPSA) is 41.2 Å². The maximum Gasteiger partial charge on any atom is 0.189 e. The van der Waals surface area contributed by atoms with E-state index in [4.69, 9.17) is 6.57 Å². The molecule has 216 valence electrons. The Labute approximate surface area is 266 Å². The average Bonchev–Trinajstić information content (AvgIpc) is 3.62. The summed E-state index contributed by atoms with van der Waals surface area (Å²) in [7, 11) is 0. The molecule has 0 aliphatic carbocycles. The maximum absolute atomic E-state index is 9.48. The van der Waals surface area contributed by atoms with Crippen molar-refractivity contribution in [2.45, 2.75) is 19.9 Å². The molecular formula is C41H27N5. The fourth-order valence-electron chi connectivity index (χ4n) is 7.50. The van der Waals surface area contributed by atoms with Crippen molar-refractivity contribution in [3.8, 4) is 28.6 Å². The predicted octanol–water partition coefficient (Wildman–Crippen LogP) is 10.8. The zero-order valence-corrected chi connectivity index (χ0v) is 25.4. The first kappa shape index (κ1) is 26.1. The second kappa shape index (κ2) is 9.60. The van der Waals surface area contributed by atoms with Crippen LogP contribution in [-0.2, 0) is 0 Å². The molecule has 0 atom stereocenters. The molecule has 9 rings (SSSR count). The molecule has 1 aliphatic heterocycles. The van der Waals surface area contributed by atoms with Crippen LogP contribution in [0.1, 0.15) is 19.4 Å². The molecule has 5 nitrogen and oxygen atoms in total. The Balaban J connectivity index is 1.53. The number of para-hydroxylation sites is 2. The van der Waals surface area contributed by atoms with Gasteiger partial charge in [0.2, 0.25) is 0 Å². The number of hydrogen-bond acceptors (Lipinski definition) is 2. The van der Waals surface area contributed by atoms with Gasteiger partial charge < -0.3 is 14.0 Å². The lowest BCUT2D eigenvalue weighted by Crippen LogP contribution is -2.29. The summed E-state index contributed by atoms with van der Waals surface area (Å²) in [5, 5.41) is 14.2. The second-order valence-electron chi connectivity index (χ2n) is 12.2. The Morgan fingerprint density at radius 2 is 1.41 bits per heavy atom. The highest BCUT2D eigenvalue weighted by Gasteiger charge is 2.31. The third-order valence-corrected chi connectivity index (χ3v) is 9.36. The minimum absolute atomic E-state index is 0.166. The van der Waals surface area contributed by atoms with E-state index >= 15 is 0 Å². The Morgan fingerprint density at radius 1 is 0.630 bits per heavy atom. The smallest absolute Gasteiger partial charge is 0.189 e. The second-order valence-corrected chi connectivity index (χ2v) is 12.2. The molecule has 0 amide bonds. The number of benzene rings is 6. The van der Waals surface area contributed by atoms with Gasteiger partial charge in [-0.1, -0.05) is 60.7 Å². The van der Waals surface area contributed by atoms with E-state index in [0.717, 1.165) is 61.3 Å². The molecule has 0 radical (unpaired) electrons. The number of aromatic nitrogens is 2. The summed E-state index contributed by atoms with van der Waals surface area (Å²) in [6.45, 7) is 12.3. The first-order valence-corrected chi connectivity index (χ1v) is 15.5. The van der Waals surface area contributed by atoms with Crippen LogP contribution < -0.4 is 4.90 Å². The molecule has 3 heterocycles. The molecule has 0 bridgehead atoms. The molecule has 0 spiro atoms. The SMILES string of the molecule is [C-]#[N+]c1ccc2c(c1)-n1c3ccc4c5ccccc5n(-c5ccccc5)c4c3c3cc(-c4ccc(C#N)cc4)cc(c31)N2C(C)C. The molecule has 5 heteroatoms. The number of fused-ring (bicyclic) bond motifs is 9. The van der Waals surface area contributed by atoms with Gasteiger partial charge in [-0.05, 0) is 85.6 Å². The van der Waals surface area contributed by atoms with Crippen LogP contribution in [0, 0.1) is 17.9 Å². The highest BCUT2D eigenvalue weighted by atomic mass is 15.2. The summed E-state index contributed by atoms with van der Waals surface area (Å²) >= 11 is 0. The normalized spacial score (nSPS) is 12.2. The van der Waals surface area contributed by atoms with E-state index in [2.05, 4.69) is 124 Å². The molecule has 0 N–H and O–H groups in total. The van der Waals surface area contributed by atoms with Crippen molar-refractivity contribution in [1.82, 2.24) is 9.13 Å². The maximum atomic E-state index is 9.48. The summed E-state index contributed by atoms with van der Waals surface area (Å²) in [6, 6.07) is 44.7. The van der Waals surface area contributed by atoms with Crippen LogP contribution in [0.15, 0.2) is 121 Å². The lowest BCUT2D eigenvalue weighted by molar-refractivity contribution is 0.782. The van der Waals surface area contributed by atoms with E-state index in [-0.39, 0.29) is 6.04 Å². The van der Waals surface area contributed by atoms with Gasteiger partial charge in [0, 0.05) is 33.3 Å². The van der Waals surface area contributed by atoms with E-state index in [1.54, 1.807) is 0 Å². The van der Waals surface area contributed by atoms with Crippen LogP contribution in [0.4, 0.5) is 17.1 Å². The Hall–Kier alpha value is -6.30. The molecule has 46 heavy (non-hydrogen) atoms. The number of hydrogen-bond donors (Lipinski definition) is 0. The van der Waals surface area contributed by atoms with Crippen molar-refractivity contribution in [2.75, 3.05) is 4.90 Å². The summed E-state index contributed by atoms with van der Waals surface area (Å²) in [5.41, 5.74) is 12.3. The first-order valence-electron chi connectivity index (χ1n) is 15.5. The van der Waals surface area contributed by atoms with Crippen molar-refractivity contribution in [1.29, 1.82) is 5.26 Å². The van der Waals surface area contributed by atoms with Gasteiger partial charge in [-0.2, -0.15) is 5.26 Å². The average molecular weight is 590 g/mol. The summed E-state index contributed by atoms with van der Waals surface area (Å²) < 4.78 is 4.78. The number of rotatable bonds is 3. The summed E-state index contributed by atoms with van der Waals surface area (Å²) in [5.74, 6) is 0. The van der Waals surface area contributed by atoms with Crippen LogP contribution in [0.5, 0.6) is 0 Å². The molecule has 1 aliphatic rings. The Morgan fingerprint density at radius 3 is 2.17 bits per heavy atom. The monoisotopic (exact) mass is 589 g/mol. The lowest BCUT2D eigenvalue weighted by atomic mass is 9.98. The molecule has 0 saturated carbocycles. The molecular weight excluding hydrogens is 562 g/mol. The van der Waals surface area contributed by atoms with Crippen molar-refractivity contribution >= 4 is 60.7 Å². The lowest BCUT2D eigenvalue weighted by Gasteiger charge is -2.36. The largest absolute Gasteiger partial charge is 0.336 e. The molecule has 0 unspecified atom stereocenters. The van der Waals surface area contributed by atoms with Gasteiger partial charge in [-0.3, -0.25) is 0 Å². The standard InChI is InChI=1S/C41H27N5/c1-25(2)44-35-19-17-29(43-3)23-37(35)46-36-20-18-32-31-11-7-8-12-34(31)45(30-9-5-4-6-10-30)41(32)39(36)33-21-28(22-38(44)40(33)46)27-15-13-26(24-42)14-16-27/h4-23,25H,1-2H3. The van der Waals surface area contributed by atoms with Gasteiger partial charge in [0.15, 0.2) is 5.69 Å². The fraction of sp³-hybridized carbons (Fsp3) is 0.0732. The van der Waals surface area contributed by atoms with Crippen LogP contribution >= 0.6 is 0 Å². The number of nitrogens with zero attached hydrogens (tertiary/aromatic N) is 5. The molecule has 8 aromatic rings. The zero-order chi connectivity index (χ0) is 31.1. The molecule has 6 aromatic carbocycles. The van der Waals surface area contributed by atoms with E-state index < -0.39 is 0 Å². The van der Waals surface area contributed by atoms with E-state index in [1.165, 1.54) is 16.2 Å².